The average molecular weight is 382 g/mol. The summed E-state index contributed by atoms with van der Waals surface area (Å²) >= 11 is 0. The Balaban J connectivity index is 1.93. The summed E-state index contributed by atoms with van der Waals surface area (Å²) in [5, 5.41) is 4.04. The molecule has 1 aliphatic heterocycles. The van der Waals surface area contributed by atoms with Crippen molar-refractivity contribution in [2.75, 3.05) is 7.05 Å². The minimum absolute atomic E-state index is 0.0137. The van der Waals surface area contributed by atoms with Crippen molar-refractivity contribution in [3.05, 3.63) is 58.3 Å². The molecule has 2 heterocycles. The van der Waals surface area contributed by atoms with E-state index < -0.39 is 11.4 Å². The molecular weight excluding hydrogens is 363 g/mol. The average Bonchev–Trinajstić information content (AvgIpc) is 3.02. The number of guanidine groups is 1. The first-order chi connectivity index (χ1) is 13.1. The molecule has 1 aromatic carbocycles. The number of ketones is 1. The largest absolute Gasteiger partial charge is 0.369 e. The SMILES string of the molecule is [C-]#[N+]c1cc(C(=O)Cc2ccc(F)c(C3(C)CC(=O)N(C)C(N)=N3)c2)nn1C. The standard InChI is InChI=1S/C19H19FN6O2/c1-19(10-17(28)25(3)18(21)23-19)12-7-11(5-6-13(12)20)8-15(27)14-9-16(22-2)26(4)24-14/h5-7,9H,8,10H2,1,3-4H3,(H2,21,23). The molecule has 2 aromatic rings. The van der Waals surface area contributed by atoms with E-state index in [1.807, 2.05) is 0 Å². The first kappa shape index (κ1) is 19.2. The topological polar surface area (TPSA) is 97.9 Å². The van der Waals surface area contributed by atoms with Gasteiger partial charge in [-0.1, -0.05) is 17.7 Å². The van der Waals surface area contributed by atoms with E-state index in [0.29, 0.717) is 5.56 Å². The van der Waals surface area contributed by atoms with Gasteiger partial charge >= 0.3 is 0 Å². The summed E-state index contributed by atoms with van der Waals surface area (Å²) in [7, 11) is 3.09. The number of nitrogens with zero attached hydrogens (tertiary/aromatic N) is 5. The van der Waals surface area contributed by atoms with Gasteiger partial charge < -0.3 is 10.6 Å². The Labute approximate surface area is 161 Å². The lowest BCUT2D eigenvalue weighted by Crippen LogP contribution is -2.47. The summed E-state index contributed by atoms with van der Waals surface area (Å²) in [6, 6.07) is 5.70. The van der Waals surface area contributed by atoms with Gasteiger partial charge in [0.25, 0.3) is 5.82 Å². The molecule has 3 rings (SSSR count). The predicted octanol–water partition coefficient (Wildman–Crippen LogP) is 1.93. The maximum atomic E-state index is 14.5. The molecule has 1 amide bonds. The van der Waals surface area contributed by atoms with Crippen LogP contribution < -0.4 is 5.73 Å². The highest BCUT2D eigenvalue weighted by molar-refractivity contribution is 5.99. The monoisotopic (exact) mass is 382 g/mol. The summed E-state index contributed by atoms with van der Waals surface area (Å²) < 4.78 is 15.9. The van der Waals surface area contributed by atoms with Crippen LogP contribution in [0.4, 0.5) is 10.2 Å². The zero-order chi connectivity index (χ0) is 20.6. The van der Waals surface area contributed by atoms with Crippen molar-refractivity contribution in [2.24, 2.45) is 17.8 Å². The van der Waals surface area contributed by atoms with E-state index in [-0.39, 0.29) is 47.6 Å². The molecule has 28 heavy (non-hydrogen) atoms. The molecule has 0 fully saturated rings. The number of rotatable bonds is 4. The highest BCUT2D eigenvalue weighted by atomic mass is 19.1. The van der Waals surface area contributed by atoms with E-state index in [0.717, 1.165) is 0 Å². The second-order valence-corrected chi connectivity index (χ2v) is 6.91. The normalized spacial score (nSPS) is 19.3. The fourth-order valence-electron chi connectivity index (χ4n) is 3.13. The fraction of sp³-hybridized carbons (Fsp3) is 0.316. The molecule has 0 bridgehead atoms. The van der Waals surface area contributed by atoms with E-state index in [1.165, 1.54) is 40.9 Å². The van der Waals surface area contributed by atoms with Crippen molar-refractivity contribution in [1.82, 2.24) is 14.7 Å². The van der Waals surface area contributed by atoms with E-state index in [1.54, 1.807) is 14.0 Å². The van der Waals surface area contributed by atoms with E-state index in [9.17, 15) is 14.0 Å². The zero-order valence-electron chi connectivity index (χ0n) is 15.7. The number of halogens is 1. The maximum Gasteiger partial charge on any atom is 0.252 e. The van der Waals surface area contributed by atoms with Gasteiger partial charge in [-0.25, -0.2) is 14.1 Å². The molecule has 8 nitrogen and oxygen atoms in total. The van der Waals surface area contributed by atoms with Crippen molar-refractivity contribution >= 4 is 23.5 Å². The van der Waals surface area contributed by atoms with E-state index >= 15 is 0 Å². The number of aromatic nitrogens is 2. The number of carbonyl (C=O) groups excluding carboxylic acids is 2. The molecule has 9 heteroatoms. The predicted molar refractivity (Wildman–Crippen MR) is 100 cm³/mol. The van der Waals surface area contributed by atoms with Crippen molar-refractivity contribution < 1.29 is 14.0 Å². The van der Waals surface area contributed by atoms with E-state index in [2.05, 4.69) is 14.9 Å². The minimum Gasteiger partial charge on any atom is -0.369 e. The molecule has 0 radical (unpaired) electrons. The second-order valence-electron chi connectivity index (χ2n) is 6.91. The molecule has 0 spiro atoms. The Hall–Kier alpha value is -3.54. The van der Waals surface area contributed by atoms with Crippen LogP contribution in [0.3, 0.4) is 0 Å². The van der Waals surface area contributed by atoms with Gasteiger partial charge in [-0.15, -0.1) is 0 Å². The Kier molecular flexibility index (Phi) is 4.73. The highest BCUT2D eigenvalue weighted by Gasteiger charge is 2.38. The number of Topliss-reactive ketones (excluding diaryl/α,β-unsaturated/α-hetero) is 1. The van der Waals surface area contributed by atoms with Gasteiger partial charge in [0, 0.05) is 19.0 Å². The quantitative estimate of drug-likeness (QED) is 0.645. The van der Waals surface area contributed by atoms with Crippen LogP contribution in [0.15, 0.2) is 29.3 Å². The number of hydrogen-bond donors (Lipinski definition) is 1. The molecular formula is C19H19FN6O2. The lowest BCUT2D eigenvalue weighted by Gasteiger charge is -2.34. The smallest absolute Gasteiger partial charge is 0.252 e. The van der Waals surface area contributed by atoms with Gasteiger partial charge in [-0.3, -0.25) is 14.5 Å². The Morgan fingerprint density at radius 2 is 2.11 bits per heavy atom. The molecule has 2 N–H and O–H groups in total. The lowest BCUT2D eigenvalue weighted by atomic mass is 9.85. The van der Waals surface area contributed by atoms with Crippen molar-refractivity contribution in [3.63, 3.8) is 0 Å². The molecule has 0 aliphatic carbocycles. The van der Waals surface area contributed by atoms with Crippen LogP contribution in [0.2, 0.25) is 0 Å². The summed E-state index contributed by atoms with van der Waals surface area (Å²) in [6.45, 7) is 8.69. The Morgan fingerprint density at radius 3 is 2.71 bits per heavy atom. The van der Waals surface area contributed by atoms with Gasteiger partial charge in [-0.05, 0) is 30.7 Å². The second kappa shape index (κ2) is 6.88. The molecule has 144 valence electrons. The van der Waals surface area contributed by atoms with Gasteiger partial charge in [-0.2, -0.15) is 0 Å². The van der Waals surface area contributed by atoms with Gasteiger partial charge in [0.05, 0.1) is 19.0 Å². The first-order valence-electron chi connectivity index (χ1n) is 8.50. The zero-order valence-corrected chi connectivity index (χ0v) is 15.7. The first-order valence-corrected chi connectivity index (χ1v) is 8.50. The van der Waals surface area contributed by atoms with Crippen LogP contribution in [-0.2, 0) is 23.8 Å². The third kappa shape index (κ3) is 3.36. The number of carbonyl (C=O) groups is 2. The summed E-state index contributed by atoms with van der Waals surface area (Å²) in [6.07, 6.45) is -0.0576. The molecule has 1 aromatic heterocycles. The van der Waals surface area contributed by atoms with E-state index in [4.69, 9.17) is 12.3 Å². The van der Waals surface area contributed by atoms with Crippen LogP contribution in [0.5, 0.6) is 0 Å². The molecule has 0 saturated heterocycles. The number of benzene rings is 1. The number of aryl methyl sites for hydroxylation is 1. The number of amides is 1. The van der Waals surface area contributed by atoms with Gasteiger partial charge in [0.1, 0.15) is 11.5 Å². The molecule has 1 atom stereocenters. The van der Waals surface area contributed by atoms with Crippen LogP contribution in [0.25, 0.3) is 4.85 Å². The van der Waals surface area contributed by atoms with Crippen LogP contribution in [0.1, 0.15) is 35.0 Å². The van der Waals surface area contributed by atoms with Crippen LogP contribution in [-0.4, -0.2) is 39.4 Å². The van der Waals surface area contributed by atoms with Crippen molar-refractivity contribution in [3.8, 4) is 0 Å². The summed E-state index contributed by atoms with van der Waals surface area (Å²) in [5.74, 6) is -0.822. The third-order valence-electron chi connectivity index (χ3n) is 4.81. The van der Waals surface area contributed by atoms with Gasteiger partial charge in [0.2, 0.25) is 5.91 Å². The number of aliphatic imine (C=N–C) groups is 1. The molecule has 1 unspecified atom stereocenters. The highest BCUT2D eigenvalue weighted by Crippen LogP contribution is 2.35. The maximum absolute atomic E-state index is 14.5. The lowest BCUT2D eigenvalue weighted by molar-refractivity contribution is -0.128. The third-order valence-corrected chi connectivity index (χ3v) is 4.81. The number of hydrogen-bond acceptors (Lipinski definition) is 5. The Bertz CT molecular complexity index is 1050. The molecule has 0 saturated carbocycles. The van der Waals surface area contributed by atoms with Crippen molar-refractivity contribution in [2.45, 2.75) is 25.3 Å². The Morgan fingerprint density at radius 1 is 1.39 bits per heavy atom. The summed E-state index contributed by atoms with van der Waals surface area (Å²) in [4.78, 5) is 33.5. The minimum atomic E-state index is -1.15. The fourth-order valence-corrected chi connectivity index (χ4v) is 3.13. The number of nitrogens with two attached hydrogens (primary N) is 1. The van der Waals surface area contributed by atoms with Gasteiger partial charge in [0.15, 0.2) is 11.7 Å². The van der Waals surface area contributed by atoms with Crippen LogP contribution >= 0.6 is 0 Å². The molecule has 1 aliphatic rings. The van der Waals surface area contributed by atoms with Crippen molar-refractivity contribution in [1.29, 1.82) is 0 Å². The van der Waals surface area contributed by atoms with Crippen LogP contribution in [0, 0.1) is 12.4 Å². The summed E-state index contributed by atoms with van der Waals surface area (Å²) in [5.41, 5.74) is 5.57.